The molecule has 1 heterocycles. The number of carbonyl (C=O) groups is 1. The molecule has 0 radical (unpaired) electrons. The molecule has 0 aromatic carbocycles. The third kappa shape index (κ3) is 4.68. The Kier molecular flexibility index (Phi) is 4.68. The van der Waals surface area contributed by atoms with Gasteiger partial charge in [0.2, 0.25) is 0 Å². The highest BCUT2D eigenvalue weighted by Crippen LogP contribution is 2.45. The Morgan fingerprint density at radius 1 is 1.21 bits per heavy atom. The Labute approximate surface area is 144 Å². The second-order valence-electron chi connectivity index (χ2n) is 9.82. The van der Waals surface area contributed by atoms with Gasteiger partial charge >= 0.3 is 5.69 Å². The SMILES string of the molecule is CC1(C)CC(NC(=O)c2cc(C(C)(C)C)[nH]c(=O)n2)CC(C)(C)C1. The van der Waals surface area contributed by atoms with Gasteiger partial charge in [0, 0.05) is 17.2 Å². The molecule has 2 N–H and O–H groups in total. The first-order valence-electron chi connectivity index (χ1n) is 8.70. The summed E-state index contributed by atoms with van der Waals surface area (Å²) in [4.78, 5) is 31.0. The second kappa shape index (κ2) is 6.01. The molecule has 0 aliphatic heterocycles. The smallest absolute Gasteiger partial charge is 0.345 e. The van der Waals surface area contributed by atoms with Gasteiger partial charge < -0.3 is 10.3 Å². The predicted octanol–water partition coefficient (Wildman–Crippen LogP) is 3.40. The molecule has 1 amide bonds. The van der Waals surface area contributed by atoms with Crippen LogP contribution >= 0.6 is 0 Å². The molecule has 0 spiro atoms. The van der Waals surface area contributed by atoms with Crippen LogP contribution in [0.25, 0.3) is 0 Å². The van der Waals surface area contributed by atoms with Crippen LogP contribution < -0.4 is 11.0 Å². The number of aromatic amines is 1. The summed E-state index contributed by atoms with van der Waals surface area (Å²) in [7, 11) is 0. The van der Waals surface area contributed by atoms with E-state index in [1.165, 1.54) is 0 Å². The molecule has 2 rings (SSSR count). The van der Waals surface area contributed by atoms with E-state index >= 15 is 0 Å². The van der Waals surface area contributed by atoms with Crippen molar-refractivity contribution in [2.45, 2.75) is 79.2 Å². The highest BCUT2D eigenvalue weighted by atomic mass is 16.2. The zero-order valence-corrected chi connectivity index (χ0v) is 16.0. The van der Waals surface area contributed by atoms with E-state index in [1.54, 1.807) is 6.07 Å². The van der Waals surface area contributed by atoms with Crippen molar-refractivity contribution in [3.63, 3.8) is 0 Å². The van der Waals surface area contributed by atoms with Gasteiger partial charge in [0.15, 0.2) is 0 Å². The van der Waals surface area contributed by atoms with Gasteiger partial charge in [-0.05, 0) is 36.2 Å². The molecule has 1 saturated carbocycles. The van der Waals surface area contributed by atoms with Crippen LogP contribution in [-0.2, 0) is 5.41 Å². The van der Waals surface area contributed by atoms with Gasteiger partial charge in [-0.25, -0.2) is 4.79 Å². The van der Waals surface area contributed by atoms with E-state index in [2.05, 4.69) is 43.0 Å². The number of nitrogens with one attached hydrogen (secondary N) is 2. The van der Waals surface area contributed by atoms with Crippen molar-refractivity contribution in [2.24, 2.45) is 10.8 Å². The van der Waals surface area contributed by atoms with Crippen molar-refractivity contribution >= 4 is 5.91 Å². The summed E-state index contributed by atoms with van der Waals surface area (Å²) in [6.45, 7) is 15.0. The van der Waals surface area contributed by atoms with E-state index in [-0.39, 0.29) is 33.9 Å². The summed E-state index contributed by atoms with van der Waals surface area (Å²) in [6.07, 6.45) is 3.03. The molecule has 1 fully saturated rings. The normalized spacial score (nSPS) is 20.6. The highest BCUT2D eigenvalue weighted by Gasteiger charge is 2.39. The van der Waals surface area contributed by atoms with Crippen LogP contribution in [0.4, 0.5) is 0 Å². The third-order valence-corrected chi connectivity index (χ3v) is 4.68. The predicted molar refractivity (Wildman–Crippen MR) is 96.2 cm³/mol. The zero-order valence-electron chi connectivity index (χ0n) is 16.0. The van der Waals surface area contributed by atoms with Crippen LogP contribution in [0.1, 0.15) is 83.9 Å². The lowest BCUT2D eigenvalue weighted by Gasteiger charge is -2.45. The van der Waals surface area contributed by atoms with E-state index in [1.807, 2.05) is 20.8 Å². The first-order valence-corrected chi connectivity index (χ1v) is 8.70. The topological polar surface area (TPSA) is 74.8 Å². The molecule has 5 nitrogen and oxygen atoms in total. The fraction of sp³-hybridized carbons (Fsp3) is 0.737. The van der Waals surface area contributed by atoms with Crippen LogP contribution in [0.15, 0.2) is 10.9 Å². The molecule has 134 valence electrons. The number of rotatable bonds is 2. The van der Waals surface area contributed by atoms with Gasteiger partial charge in [0.1, 0.15) is 5.69 Å². The van der Waals surface area contributed by atoms with Crippen LogP contribution in [0.5, 0.6) is 0 Å². The van der Waals surface area contributed by atoms with E-state index in [9.17, 15) is 9.59 Å². The highest BCUT2D eigenvalue weighted by molar-refractivity contribution is 5.92. The van der Waals surface area contributed by atoms with Gasteiger partial charge in [0.05, 0.1) is 0 Å². The molecule has 24 heavy (non-hydrogen) atoms. The number of carbonyl (C=O) groups excluding carboxylic acids is 1. The maximum atomic E-state index is 12.6. The van der Waals surface area contributed by atoms with Gasteiger partial charge in [-0.2, -0.15) is 4.98 Å². The maximum absolute atomic E-state index is 12.6. The van der Waals surface area contributed by atoms with Crippen molar-refractivity contribution in [3.8, 4) is 0 Å². The molecule has 1 aromatic heterocycles. The fourth-order valence-electron chi connectivity index (χ4n) is 4.19. The number of hydrogen-bond donors (Lipinski definition) is 2. The van der Waals surface area contributed by atoms with E-state index in [4.69, 9.17) is 0 Å². The summed E-state index contributed by atoms with van der Waals surface area (Å²) >= 11 is 0. The monoisotopic (exact) mass is 333 g/mol. The average Bonchev–Trinajstić information content (AvgIpc) is 2.32. The van der Waals surface area contributed by atoms with E-state index in [0.717, 1.165) is 25.0 Å². The lowest BCUT2D eigenvalue weighted by Crippen LogP contribution is -2.46. The number of H-pyrrole nitrogens is 1. The van der Waals surface area contributed by atoms with E-state index < -0.39 is 5.69 Å². The summed E-state index contributed by atoms with van der Waals surface area (Å²) in [5.41, 5.74) is 0.584. The second-order valence-corrected chi connectivity index (χ2v) is 9.82. The number of nitrogens with zero attached hydrogens (tertiary/aromatic N) is 1. The number of aromatic nitrogens is 2. The van der Waals surface area contributed by atoms with Crippen molar-refractivity contribution in [3.05, 3.63) is 27.9 Å². The van der Waals surface area contributed by atoms with Crippen LogP contribution in [-0.4, -0.2) is 21.9 Å². The van der Waals surface area contributed by atoms with Gasteiger partial charge in [-0.15, -0.1) is 0 Å². The van der Waals surface area contributed by atoms with Crippen molar-refractivity contribution in [1.82, 2.24) is 15.3 Å². The Morgan fingerprint density at radius 2 is 1.75 bits per heavy atom. The quantitative estimate of drug-likeness (QED) is 0.871. The Morgan fingerprint density at radius 3 is 2.25 bits per heavy atom. The minimum absolute atomic E-state index is 0.107. The minimum atomic E-state index is -0.475. The lowest BCUT2D eigenvalue weighted by atomic mass is 9.63. The molecular weight excluding hydrogens is 302 g/mol. The molecular formula is C19H31N3O2. The zero-order chi connectivity index (χ0) is 18.3. The summed E-state index contributed by atoms with van der Waals surface area (Å²) in [5.74, 6) is -0.259. The number of amides is 1. The molecule has 0 saturated heterocycles. The van der Waals surface area contributed by atoms with Crippen molar-refractivity contribution in [1.29, 1.82) is 0 Å². The van der Waals surface area contributed by atoms with Crippen LogP contribution in [0.3, 0.4) is 0 Å². The first-order chi connectivity index (χ1) is 10.8. The van der Waals surface area contributed by atoms with Crippen molar-refractivity contribution in [2.75, 3.05) is 0 Å². The minimum Gasteiger partial charge on any atom is -0.348 e. The molecule has 0 atom stereocenters. The third-order valence-electron chi connectivity index (χ3n) is 4.68. The Bertz CT molecular complexity index is 665. The van der Waals surface area contributed by atoms with Crippen molar-refractivity contribution < 1.29 is 4.79 Å². The van der Waals surface area contributed by atoms with Gasteiger partial charge in [-0.1, -0.05) is 48.5 Å². The Hall–Kier alpha value is -1.65. The molecule has 1 aromatic rings. The summed E-state index contributed by atoms with van der Waals surface area (Å²) in [6, 6.07) is 1.80. The first kappa shape index (κ1) is 18.7. The lowest BCUT2D eigenvalue weighted by molar-refractivity contribution is 0.0710. The summed E-state index contributed by atoms with van der Waals surface area (Å²) in [5, 5.41) is 3.10. The summed E-state index contributed by atoms with van der Waals surface area (Å²) < 4.78 is 0. The standard InChI is InChI=1S/C19H31N3O2/c1-17(2,3)14-8-13(21-16(24)22-14)15(23)20-12-9-18(4,5)11-19(6,7)10-12/h8,12H,9-11H2,1-7H3,(H,20,23)(H,21,22,24). The number of hydrogen-bond acceptors (Lipinski definition) is 3. The molecule has 5 heteroatoms. The largest absolute Gasteiger partial charge is 0.348 e. The molecule has 0 unspecified atom stereocenters. The average molecular weight is 333 g/mol. The fourth-order valence-corrected chi connectivity index (χ4v) is 4.19. The maximum Gasteiger partial charge on any atom is 0.345 e. The van der Waals surface area contributed by atoms with Gasteiger partial charge in [-0.3, -0.25) is 4.79 Å². The van der Waals surface area contributed by atoms with Gasteiger partial charge in [0.25, 0.3) is 5.91 Å². The van der Waals surface area contributed by atoms with Crippen LogP contribution in [0.2, 0.25) is 0 Å². The molecule has 0 bridgehead atoms. The van der Waals surface area contributed by atoms with E-state index in [0.29, 0.717) is 0 Å². The molecule has 1 aliphatic carbocycles. The molecule has 1 aliphatic rings. The van der Waals surface area contributed by atoms with Crippen LogP contribution in [0, 0.1) is 10.8 Å². The Balaban J connectivity index is 2.21.